The van der Waals surface area contributed by atoms with Gasteiger partial charge in [-0.25, -0.2) is 17.5 Å². The average Bonchev–Trinajstić information content (AvgIpc) is 3.21. The Bertz CT molecular complexity index is 1150. The number of sulfonamides is 1. The van der Waals surface area contributed by atoms with Crippen molar-refractivity contribution in [3.63, 3.8) is 0 Å². The molecule has 5 nitrogen and oxygen atoms in total. The second-order valence-corrected chi connectivity index (χ2v) is 11.3. The molecule has 0 saturated carbocycles. The number of hydrogen-bond acceptors (Lipinski definition) is 3. The van der Waals surface area contributed by atoms with Crippen LogP contribution >= 0.6 is 0 Å². The third kappa shape index (κ3) is 5.39. The van der Waals surface area contributed by atoms with Crippen LogP contribution in [0.15, 0.2) is 54.7 Å². The number of rotatable bonds is 8. The van der Waals surface area contributed by atoms with E-state index in [0.717, 1.165) is 50.0 Å². The zero-order valence-electron chi connectivity index (χ0n) is 18.8. The van der Waals surface area contributed by atoms with Crippen LogP contribution in [0.2, 0.25) is 0 Å². The molecule has 2 heterocycles. The van der Waals surface area contributed by atoms with Crippen LogP contribution in [0.3, 0.4) is 0 Å². The molecule has 32 heavy (non-hydrogen) atoms. The van der Waals surface area contributed by atoms with Crippen LogP contribution in [0.25, 0.3) is 10.9 Å². The highest BCUT2D eigenvalue weighted by Gasteiger charge is 2.21. The minimum Gasteiger partial charge on any atom is -0.344 e. The average molecular weight is 458 g/mol. The highest BCUT2D eigenvalue weighted by atomic mass is 32.2. The minimum atomic E-state index is -3.28. The van der Waals surface area contributed by atoms with E-state index in [4.69, 9.17) is 0 Å². The smallest absolute Gasteiger partial charge is 0.214 e. The lowest BCUT2D eigenvalue weighted by Crippen LogP contribution is -2.35. The van der Waals surface area contributed by atoms with Crippen molar-refractivity contribution in [1.82, 2.24) is 14.2 Å². The number of nitrogens with one attached hydrogen (secondary N) is 1. The maximum atomic E-state index is 13.1. The second kappa shape index (κ2) is 9.73. The van der Waals surface area contributed by atoms with Crippen LogP contribution in [0.1, 0.15) is 43.9 Å². The number of nitrogens with zero attached hydrogens (tertiary/aromatic N) is 2. The van der Waals surface area contributed by atoms with Gasteiger partial charge in [0.2, 0.25) is 10.0 Å². The van der Waals surface area contributed by atoms with Crippen molar-refractivity contribution < 1.29 is 12.8 Å². The molecular weight excluding hydrogens is 425 g/mol. The zero-order valence-corrected chi connectivity index (χ0v) is 19.6. The van der Waals surface area contributed by atoms with Crippen molar-refractivity contribution in [1.29, 1.82) is 0 Å². The number of hydrogen-bond donors (Lipinski definition) is 1. The van der Waals surface area contributed by atoms with Gasteiger partial charge in [-0.15, -0.1) is 0 Å². The van der Waals surface area contributed by atoms with Crippen molar-refractivity contribution in [2.45, 2.75) is 50.9 Å². The first-order valence-corrected chi connectivity index (χ1v) is 12.9. The highest BCUT2D eigenvalue weighted by molar-refractivity contribution is 7.90. The maximum Gasteiger partial charge on any atom is 0.214 e. The summed E-state index contributed by atoms with van der Waals surface area (Å²) in [4.78, 5) is 2.48. The van der Waals surface area contributed by atoms with Crippen LogP contribution in [0.5, 0.6) is 0 Å². The summed E-state index contributed by atoms with van der Waals surface area (Å²) < 4.78 is 42.3. The molecule has 4 rings (SSSR count). The molecule has 0 amide bonds. The number of aromatic nitrogens is 1. The molecular formula is C25H32FN3O2S. The number of halogens is 1. The summed E-state index contributed by atoms with van der Waals surface area (Å²) in [7, 11) is -3.28. The number of benzene rings is 2. The maximum absolute atomic E-state index is 13.1. The third-order valence-corrected chi connectivity index (χ3v) is 8.25. The molecule has 7 heteroatoms. The summed E-state index contributed by atoms with van der Waals surface area (Å²) in [6, 6.07) is 15.5. The molecule has 3 aromatic rings. The van der Waals surface area contributed by atoms with E-state index in [1.807, 2.05) is 18.2 Å². The Morgan fingerprint density at radius 3 is 2.41 bits per heavy atom. The van der Waals surface area contributed by atoms with Crippen LogP contribution in [0.4, 0.5) is 4.39 Å². The van der Waals surface area contributed by atoms with Gasteiger partial charge in [-0.1, -0.05) is 24.3 Å². The largest absolute Gasteiger partial charge is 0.344 e. The first kappa shape index (κ1) is 23.0. The van der Waals surface area contributed by atoms with Crippen molar-refractivity contribution in [3.05, 3.63) is 71.7 Å². The Balaban J connectivity index is 1.37. The van der Waals surface area contributed by atoms with Crippen molar-refractivity contribution in [2.24, 2.45) is 0 Å². The molecule has 1 saturated heterocycles. The Labute approximate surface area is 190 Å². The van der Waals surface area contributed by atoms with E-state index >= 15 is 0 Å². The molecule has 172 valence electrons. The van der Waals surface area contributed by atoms with Crippen LogP contribution < -0.4 is 4.72 Å². The van der Waals surface area contributed by atoms with E-state index in [2.05, 4.69) is 38.6 Å². The fourth-order valence-corrected chi connectivity index (χ4v) is 5.03. The molecule has 0 radical (unpaired) electrons. The molecule has 1 N–H and O–H groups in total. The number of piperidine rings is 1. The standard InChI is InChI=1S/C25H32FN3O2S/c1-19(2)32(30,31)27-18-21-3-6-22-10-16-29(25(22)17-21)24-11-14-28(15-12-24)13-9-20-4-7-23(26)8-5-20/h3-8,10,16-17,19,24,27H,9,11-15,18H2,1-2H3. The van der Waals surface area contributed by atoms with Gasteiger partial charge in [-0.2, -0.15) is 0 Å². The summed E-state index contributed by atoms with van der Waals surface area (Å²) >= 11 is 0. The molecule has 0 bridgehead atoms. The van der Waals surface area contributed by atoms with Gasteiger partial charge in [0.15, 0.2) is 0 Å². The predicted molar refractivity (Wildman–Crippen MR) is 128 cm³/mol. The predicted octanol–water partition coefficient (Wildman–Crippen LogP) is 4.49. The molecule has 0 unspecified atom stereocenters. The summed E-state index contributed by atoms with van der Waals surface area (Å²) in [5.74, 6) is -0.186. The van der Waals surface area contributed by atoms with Gasteiger partial charge in [0.25, 0.3) is 0 Å². The van der Waals surface area contributed by atoms with Crippen LogP contribution in [-0.2, 0) is 23.0 Å². The van der Waals surface area contributed by atoms with Gasteiger partial charge in [0, 0.05) is 43.9 Å². The third-order valence-electron chi connectivity index (χ3n) is 6.47. The fourth-order valence-electron chi connectivity index (χ4n) is 4.33. The van der Waals surface area contributed by atoms with Crippen molar-refractivity contribution in [2.75, 3.05) is 19.6 Å². The molecule has 1 aromatic heterocycles. The molecule has 0 atom stereocenters. The SMILES string of the molecule is CC(C)S(=O)(=O)NCc1ccc2ccn(C3CCN(CCc4ccc(F)cc4)CC3)c2c1. The van der Waals surface area contributed by atoms with Gasteiger partial charge in [0.1, 0.15) is 5.82 Å². The Hall–Kier alpha value is -2.22. The summed E-state index contributed by atoms with van der Waals surface area (Å²) in [6.07, 6.45) is 5.26. The summed E-state index contributed by atoms with van der Waals surface area (Å²) in [5, 5.41) is 0.738. The molecule has 2 aromatic carbocycles. The lowest BCUT2D eigenvalue weighted by atomic mass is 10.0. The van der Waals surface area contributed by atoms with Gasteiger partial charge in [-0.05, 0) is 73.9 Å². The van der Waals surface area contributed by atoms with Crippen LogP contribution in [-0.4, -0.2) is 42.8 Å². The molecule has 1 aliphatic rings. The van der Waals surface area contributed by atoms with Gasteiger partial charge in [0.05, 0.1) is 5.25 Å². The normalized spacial score (nSPS) is 16.2. The van der Waals surface area contributed by atoms with Crippen molar-refractivity contribution in [3.8, 4) is 0 Å². The zero-order chi connectivity index (χ0) is 22.7. The Morgan fingerprint density at radius 2 is 1.72 bits per heavy atom. The monoisotopic (exact) mass is 457 g/mol. The Kier molecular flexibility index (Phi) is 6.98. The van der Waals surface area contributed by atoms with Gasteiger partial charge < -0.3 is 9.47 Å². The van der Waals surface area contributed by atoms with E-state index < -0.39 is 15.3 Å². The summed E-state index contributed by atoms with van der Waals surface area (Å²) in [5.41, 5.74) is 3.31. The molecule has 1 fully saturated rings. The van der Waals surface area contributed by atoms with E-state index in [9.17, 15) is 12.8 Å². The number of likely N-dealkylation sites (tertiary alicyclic amines) is 1. The van der Waals surface area contributed by atoms with E-state index in [0.29, 0.717) is 12.6 Å². The van der Waals surface area contributed by atoms with Gasteiger partial charge >= 0.3 is 0 Å². The van der Waals surface area contributed by atoms with Gasteiger partial charge in [-0.3, -0.25) is 0 Å². The Morgan fingerprint density at radius 1 is 1.03 bits per heavy atom. The van der Waals surface area contributed by atoms with E-state index in [1.54, 1.807) is 13.8 Å². The molecule has 1 aliphatic heterocycles. The van der Waals surface area contributed by atoms with Crippen LogP contribution in [0, 0.1) is 5.82 Å². The van der Waals surface area contributed by atoms with E-state index in [-0.39, 0.29) is 5.82 Å². The number of fused-ring (bicyclic) bond motifs is 1. The molecule has 0 spiro atoms. The lowest BCUT2D eigenvalue weighted by Gasteiger charge is -2.33. The molecule has 0 aliphatic carbocycles. The minimum absolute atomic E-state index is 0.186. The second-order valence-electron chi connectivity index (χ2n) is 8.98. The topological polar surface area (TPSA) is 54.3 Å². The highest BCUT2D eigenvalue weighted by Crippen LogP contribution is 2.28. The quantitative estimate of drug-likeness (QED) is 0.542. The first-order valence-electron chi connectivity index (χ1n) is 11.4. The van der Waals surface area contributed by atoms with E-state index in [1.165, 1.54) is 23.1 Å². The fraction of sp³-hybridized carbons (Fsp3) is 0.440. The van der Waals surface area contributed by atoms with Crippen molar-refractivity contribution >= 4 is 20.9 Å². The lowest BCUT2D eigenvalue weighted by molar-refractivity contribution is 0.190. The first-order chi connectivity index (χ1) is 15.3. The summed E-state index contributed by atoms with van der Waals surface area (Å²) in [6.45, 7) is 6.75.